The molecule has 1 aromatic carbocycles. The van der Waals surface area contributed by atoms with E-state index in [2.05, 4.69) is 26.6 Å². The van der Waals surface area contributed by atoms with Crippen molar-refractivity contribution in [1.82, 2.24) is 5.32 Å². The number of hydrogen-bond donors (Lipinski definition) is 2. The summed E-state index contributed by atoms with van der Waals surface area (Å²) in [4.78, 5) is 11.9. The molecular formula is C12H17BrN2O. The van der Waals surface area contributed by atoms with E-state index in [0.29, 0.717) is 0 Å². The Morgan fingerprint density at radius 1 is 1.38 bits per heavy atom. The first-order chi connectivity index (χ1) is 7.36. The molecular weight excluding hydrogens is 268 g/mol. The minimum Gasteiger partial charge on any atom is -0.324 e. The molecule has 0 bridgehead atoms. The number of likely N-dealkylation sites (N-methyl/N-ethyl adjacent to an activating group) is 1. The van der Waals surface area contributed by atoms with Crippen molar-refractivity contribution < 1.29 is 4.79 Å². The van der Waals surface area contributed by atoms with Crippen molar-refractivity contribution in [1.29, 1.82) is 0 Å². The van der Waals surface area contributed by atoms with Crippen LogP contribution < -0.4 is 10.6 Å². The molecule has 0 radical (unpaired) electrons. The third-order valence-corrected chi connectivity index (χ3v) is 3.12. The standard InChI is InChI=1S/C12H17BrN2O/c1-8-7-9(13)5-6-10(8)15-11(16)12(2,3)14-4/h5-7,14H,1-4H3,(H,15,16). The number of carbonyl (C=O) groups excluding carboxylic acids is 1. The summed E-state index contributed by atoms with van der Waals surface area (Å²) in [6.07, 6.45) is 0. The van der Waals surface area contributed by atoms with Crippen LogP contribution in [0, 0.1) is 6.92 Å². The van der Waals surface area contributed by atoms with Crippen molar-refractivity contribution in [2.24, 2.45) is 0 Å². The molecule has 0 unspecified atom stereocenters. The smallest absolute Gasteiger partial charge is 0.244 e. The van der Waals surface area contributed by atoms with Crippen molar-refractivity contribution in [3.63, 3.8) is 0 Å². The number of rotatable bonds is 3. The molecule has 1 aromatic rings. The SMILES string of the molecule is CNC(C)(C)C(=O)Nc1ccc(Br)cc1C. The molecule has 1 amide bonds. The molecule has 0 spiro atoms. The molecule has 16 heavy (non-hydrogen) atoms. The lowest BCUT2D eigenvalue weighted by molar-refractivity contribution is -0.121. The van der Waals surface area contributed by atoms with Crippen LogP contribution in [0.25, 0.3) is 0 Å². The van der Waals surface area contributed by atoms with Gasteiger partial charge in [-0.1, -0.05) is 15.9 Å². The predicted octanol–water partition coefficient (Wildman–Crippen LogP) is 2.69. The number of benzene rings is 1. The van der Waals surface area contributed by atoms with Crippen LogP contribution in [0.1, 0.15) is 19.4 Å². The molecule has 1 rings (SSSR count). The van der Waals surface area contributed by atoms with Crippen LogP contribution in [0.2, 0.25) is 0 Å². The number of hydrogen-bond acceptors (Lipinski definition) is 2. The van der Waals surface area contributed by atoms with Crippen molar-refractivity contribution in [3.05, 3.63) is 28.2 Å². The maximum atomic E-state index is 11.9. The summed E-state index contributed by atoms with van der Waals surface area (Å²) in [6, 6.07) is 5.78. The molecule has 0 aliphatic rings. The van der Waals surface area contributed by atoms with E-state index >= 15 is 0 Å². The van der Waals surface area contributed by atoms with E-state index in [1.165, 1.54) is 0 Å². The molecule has 0 saturated heterocycles. The van der Waals surface area contributed by atoms with Crippen LogP contribution in [-0.4, -0.2) is 18.5 Å². The van der Waals surface area contributed by atoms with Crippen LogP contribution in [0.15, 0.2) is 22.7 Å². The minimum atomic E-state index is -0.570. The third-order valence-electron chi connectivity index (χ3n) is 2.63. The van der Waals surface area contributed by atoms with Gasteiger partial charge in [-0.3, -0.25) is 4.79 Å². The van der Waals surface area contributed by atoms with Gasteiger partial charge in [-0.15, -0.1) is 0 Å². The van der Waals surface area contributed by atoms with Gasteiger partial charge in [-0.05, 0) is 51.6 Å². The molecule has 0 atom stereocenters. The highest BCUT2D eigenvalue weighted by Gasteiger charge is 2.25. The van der Waals surface area contributed by atoms with Gasteiger partial charge in [0.05, 0.1) is 5.54 Å². The Balaban J connectivity index is 2.85. The Bertz CT molecular complexity index is 402. The monoisotopic (exact) mass is 284 g/mol. The number of halogens is 1. The number of amides is 1. The Hall–Kier alpha value is -0.870. The summed E-state index contributed by atoms with van der Waals surface area (Å²) in [5.74, 6) is -0.0413. The molecule has 0 saturated carbocycles. The highest BCUT2D eigenvalue weighted by Crippen LogP contribution is 2.20. The molecule has 3 nitrogen and oxygen atoms in total. The zero-order valence-corrected chi connectivity index (χ0v) is 11.6. The Kier molecular flexibility index (Phi) is 4.10. The van der Waals surface area contributed by atoms with Gasteiger partial charge in [0, 0.05) is 10.2 Å². The van der Waals surface area contributed by atoms with Crippen LogP contribution in [0.4, 0.5) is 5.69 Å². The average Bonchev–Trinajstić information content (AvgIpc) is 2.22. The fraction of sp³-hybridized carbons (Fsp3) is 0.417. The molecule has 0 fully saturated rings. The maximum Gasteiger partial charge on any atom is 0.244 e. The molecule has 88 valence electrons. The van der Waals surface area contributed by atoms with E-state index in [9.17, 15) is 4.79 Å². The van der Waals surface area contributed by atoms with E-state index in [-0.39, 0.29) is 5.91 Å². The zero-order valence-electron chi connectivity index (χ0n) is 10.0. The van der Waals surface area contributed by atoms with E-state index in [4.69, 9.17) is 0 Å². The van der Waals surface area contributed by atoms with E-state index < -0.39 is 5.54 Å². The highest BCUT2D eigenvalue weighted by molar-refractivity contribution is 9.10. The zero-order chi connectivity index (χ0) is 12.3. The van der Waals surface area contributed by atoms with Crippen molar-refractivity contribution in [3.8, 4) is 0 Å². The minimum absolute atomic E-state index is 0.0413. The van der Waals surface area contributed by atoms with Gasteiger partial charge in [0.1, 0.15) is 0 Å². The van der Waals surface area contributed by atoms with Gasteiger partial charge in [0.2, 0.25) is 5.91 Å². The van der Waals surface area contributed by atoms with Gasteiger partial charge in [-0.25, -0.2) is 0 Å². The van der Waals surface area contributed by atoms with E-state index in [0.717, 1.165) is 15.7 Å². The lowest BCUT2D eigenvalue weighted by Crippen LogP contribution is -2.48. The van der Waals surface area contributed by atoms with Gasteiger partial charge >= 0.3 is 0 Å². The summed E-state index contributed by atoms with van der Waals surface area (Å²) in [5.41, 5.74) is 1.31. The topological polar surface area (TPSA) is 41.1 Å². The maximum absolute atomic E-state index is 11.9. The quantitative estimate of drug-likeness (QED) is 0.896. The molecule has 4 heteroatoms. The first-order valence-electron chi connectivity index (χ1n) is 5.13. The average molecular weight is 285 g/mol. The molecule has 0 aliphatic carbocycles. The van der Waals surface area contributed by atoms with Gasteiger partial charge in [0.25, 0.3) is 0 Å². The van der Waals surface area contributed by atoms with Crippen molar-refractivity contribution in [2.75, 3.05) is 12.4 Å². The highest BCUT2D eigenvalue weighted by atomic mass is 79.9. The Labute approximate surface area is 105 Å². The Morgan fingerprint density at radius 2 is 2.00 bits per heavy atom. The number of nitrogens with one attached hydrogen (secondary N) is 2. The van der Waals surface area contributed by atoms with Crippen LogP contribution in [0.5, 0.6) is 0 Å². The predicted molar refractivity (Wildman–Crippen MR) is 70.6 cm³/mol. The van der Waals surface area contributed by atoms with Crippen molar-refractivity contribution in [2.45, 2.75) is 26.3 Å². The second kappa shape index (κ2) is 4.97. The van der Waals surface area contributed by atoms with Gasteiger partial charge < -0.3 is 10.6 Å². The normalized spacial score (nSPS) is 11.3. The molecule has 0 heterocycles. The first-order valence-corrected chi connectivity index (χ1v) is 5.92. The first kappa shape index (κ1) is 13.2. The van der Waals surface area contributed by atoms with E-state index in [1.807, 2.05) is 39.0 Å². The lowest BCUT2D eigenvalue weighted by Gasteiger charge is -2.23. The van der Waals surface area contributed by atoms with Gasteiger partial charge in [0.15, 0.2) is 0 Å². The van der Waals surface area contributed by atoms with Crippen molar-refractivity contribution >= 4 is 27.5 Å². The molecule has 2 N–H and O–H groups in total. The fourth-order valence-corrected chi connectivity index (χ4v) is 1.63. The second-order valence-corrected chi connectivity index (χ2v) is 5.20. The summed E-state index contributed by atoms with van der Waals surface area (Å²) in [6.45, 7) is 5.65. The van der Waals surface area contributed by atoms with Crippen LogP contribution in [-0.2, 0) is 4.79 Å². The fourth-order valence-electron chi connectivity index (χ4n) is 1.16. The molecule has 0 aliphatic heterocycles. The Morgan fingerprint density at radius 3 is 2.50 bits per heavy atom. The lowest BCUT2D eigenvalue weighted by atomic mass is 10.0. The van der Waals surface area contributed by atoms with Crippen LogP contribution >= 0.6 is 15.9 Å². The summed E-state index contributed by atoms with van der Waals surface area (Å²) < 4.78 is 1.01. The summed E-state index contributed by atoms with van der Waals surface area (Å²) >= 11 is 3.39. The summed E-state index contributed by atoms with van der Waals surface area (Å²) in [5, 5.41) is 5.88. The number of carbonyl (C=O) groups is 1. The van der Waals surface area contributed by atoms with Gasteiger partial charge in [-0.2, -0.15) is 0 Å². The number of aryl methyl sites for hydroxylation is 1. The number of anilines is 1. The van der Waals surface area contributed by atoms with E-state index in [1.54, 1.807) is 7.05 Å². The third kappa shape index (κ3) is 3.06. The second-order valence-electron chi connectivity index (χ2n) is 4.29. The summed E-state index contributed by atoms with van der Waals surface area (Å²) in [7, 11) is 1.77. The largest absolute Gasteiger partial charge is 0.324 e. The molecule has 0 aromatic heterocycles. The van der Waals surface area contributed by atoms with Crippen LogP contribution in [0.3, 0.4) is 0 Å².